The average Bonchev–Trinajstić information content (AvgIpc) is 2.82. The highest BCUT2D eigenvalue weighted by molar-refractivity contribution is 5.91. The summed E-state index contributed by atoms with van der Waals surface area (Å²) in [6.45, 7) is 24.7. The maximum absolute atomic E-state index is 12.9. The van der Waals surface area contributed by atoms with Gasteiger partial charge in [0.15, 0.2) is 0 Å². The Bertz CT molecular complexity index is 1090. The van der Waals surface area contributed by atoms with Crippen molar-refractivity contribution in [2.45, 2.75) is 130 Å². The maximum Gasteiger partial charge on any atom is 0.338 e. The summed E-state index contributed by atoms with van der Waals surface area (Å²) in [6, 6.07) is 6.96. The molecule has 0 atom stereocenters. The summed E-state index contributed by atoms with van der Waals surface area (Å²) in [5.41, 5.74) is 2.53. The van der Waals surface area contributed by atoms with E-state index in [9.17, 15) is 19.8 Å². The SMILES string of the molecule is CC(C)(C)c1cc(C(=O)OCCCCCCOC(=O)c2cc(C(C)(C)C)c(O)c(C(C)(C)C)c2)cc(C(C)(C)C)c1O. The minimum Gasteiger partial charge on any atom is -0.507 e. The van der Waals surface area contributed by atoms with Crippen molar-refractivity contribution in [3.8, 4) is 11.5 Å². The molecule has 2 rings (SSSR count). The van der Waals surface area contributed by atoms with Gasteiger partial charge >= 0.3 is 11.9 Å². The molecule has 234 valence electrons. The molecule has 0 spiro atoms. The van der Waals surface area contributed by atoms with Gasteiger partial charge in [0.2, 0.25) is 0 Å². The predicted molar refractivity (Wildman–Crippen MR) is 170 cm³/mol. The van der Waals surface area contributed by atoms with E-state index in [1.165, 1.54) is 0 Å². The fourth-order valence-electron chi connectivity index (χ4n) is 4.85. The number of benzene rings is 2. The van der Waals surface area contributed by atoms with Crippen molar-refractivity contribution < 1.29 is 29.3 Å². The second kappa shape index (κ2) is 13.1. The number of carbonyl (C=O) groups excluding carboxylic acids is 2. The topological polar surface area (TPSA) is 93.1 Å². The van der Waals surface area contributed by atoms with Crippen LogP contribution in [-0.4, -0.2) is 35.4 Å². The third-order valence-corrected chi connectivity index (χ3v) is 7.43. The van der Waals surface area contributed by atoms with Crippen molar-refractivity contribution in [2.24, 2.45) is 0 Å². The molecule has 42 heavy (non-hydrogen) atoms. The van der Waals surface area contributed by atoms with Crippen molar-refractivity contribution in [2.75, 3.05) is 13.2 Å². The van der Waals surface area contributed by atoms with Crippen LogP contribution in [0.3, 0.4) is 0 Å². The van der Waals surface area contributed by atoms with Gasteiger partial charge in [0.1, 0.15) is 11.5 Å². The Kier molecular flexibility index (Phi) is 11.0. The molecule has 0 aliphatic carbocycles. The van der Waals surface area contributed by atoms with Crippen LogP contribution in [0, 0.1) is 0 Å². The van der Waals surface area contributed by atoms with Crippen LogP contribution in [0.5, 0.6) is 11.5 Å². The zero-order chi connectivity index (χ0) is 32.3. The minimum absolute atomic E-state index is 0.238. The molecular weight excluding hydrogens is 528 g/mol. The Morgan fingerprint density at radius 3 is 0.952 bits per heavy atom. The van der Waals surface area contributed by atoms with Crippen molar-refractivity contribution >= 4 is 11.9 Å². The fraction of sp³-hybridized carbons (Fsp3) is 0.611. The summed E-state index contributed by atoms with van der Waals surface area (Å²) in [5.74, 6) is -0.306. The lowest BCUT2D eigenvalue weighted by Gasteiger charge is -2.28. The van der Waals surface area contributed by atoms with E-state index in [1.807, 2.05) is 83.1 Å². The number of aromatic hydroxyl groups is 2. The number of carbonyl (C=O) groups is 2. The molecule has 2 aromatic rings. The molecule has 0 amide bonds. The fourth-order valence-corrected chi connectivity index (χ4v) is 4.85. The standard InChI is InChI=1S/C36H54O6/c1-33(2,3)25-19-23(20-26(29(25)37)34(4,5)6)31(39)41-17-15-13-14-16-18-42-32(40)24-21-27(35(7,8)9)30(38)28(22-24)36(10,11)12/h19-22,37-38H,13-18H2,1-12H3. The van der Waals surface area contributed by atoms with E-state index in [4.69, 9.17) is 9.47 Å². The van der Waals surface area contributed by atoms with Crippen LogP contribution in [0.15, 0.2) is 24.3 Å². The quantitative estimate of drug-likeness (QED) is 0.227. The molecule has 0 saturated carbocycles. The van der Waals surface area contributed by atoms with Crippen molar-refractivity contribution in [1.29, 1.82) is 0 Å². The van der Waals surface area contributed by atoms with E-state index in [0.717, 1.165) is 35.1 Å². The Balaban J connectivity index is 1.89. The van der Waals surface area contributed by atoms with E-state index in [1.54, 1.807) is 24.3 Å². The first-order valence-electron chi connectivity index (χ1n) is 15.2. The maximum atomic E-state index is 12.9. The number of unbranched alkanes of at least 4 members (excludes halogenated alkanes) is 3. The number of hydrogen-bond acceptors (Lipinski definition) is 6. The summed E-state index contributed by atoms with van der Waals surface area (Å²) in [7, 11) is 0. The summed E-state index contributed by atoms with van der Waals surface area (Å²) in [6.07, 6.45) is 3.08. The smallest absolute Gasteiger partial charge is 0.338 e. The van der Waals surface area contributed by atoms with Crippen LogP contribution in [0.4, 0.5) is 0 Å². The molecular formula is C36H54O6. The molecule has 0 saturated heterocycles. The molecule has 6 nitrogen and oxygen atoms in total. The van der Waals surface area contributed by atoms with Crippen LogP contribution in [0.1, 0.15) is 152 Å². The van der Waals surface area contributed by atoms with E-state index < -0.39 is 11.9 Å². The van der Waals surface area contributed by atoms with E-state index in [2.05, 4.69) is 0 Å². The highest BCUT2D eigenvalue weighted by Crippen LogP contribution is 2.41. The van der Waals surface area contributed by atoms with Gasteiger partial charge in [-0.05, 0) is 71.6 Å². The van der Waals surface area contributed by atoms with Crippen LogP contribution >= 0.6 is 0 Å². The molecule has 0 bridgehead atoms. The minimum atomic E-state index is -0.391. The highest BCUT2D eigenvalue weighted by atomic mass is 16.5. The number of phenols is 2. The van der Waals surface area contributed by atoms with E-state index in [0.29, 0.717) is 37.2 Å². The Hall–Kier alpha value is -3.02. The van der Waals surface area contributed by atoms with Gasteiger partial charge in [0.25, 0.3) is 0 Å². The van der Waals surface area contributed by atoms with Gasteiger partial charge in [0, 0.05) is 22.3 Å². The molecule has 6 heteroatoms. The van der Waals surface area contributed by atoms with Crippen LogP contribution in [0.2, 0.25) is 0 Å². The first kappa shape index (κ1) is 35.2. The Morgan fingerprint density at radius 1 is 0.500 bits per heavy atom. The lowest BCUT2D eigenvalue weighted by Crippen LogP contribution is -2.19. The third-order valence-electron chi connectivity index (χ3n) is 7.43. The van der Waals surface area contributed by atoms with E-state index in [-0.39, 0.29) is 33.2 Å². The zero-order valence-corrected chi connectivity index (χ0v) is 28.1. The van der Waals surface area contributed by atoms with Gasteiger partial charge in [-0.25, -0.2) is 9.59 Å². The van der Waals surface area contributed by atoms with Crippen LogP contribution in [0.25, 0.3) is 0 Å². The summed E-state index contributed by atoms with van der Waals surface area (Å²) < 4.78 is 11.1. The molecule has 0 aliphatic heterocycles. The monoisotopic (exact) mass is 582 g/mol. The van der Waals surface area contributed by atoms with Gasteiger partial charge in [-0.2, -0.15) is 0 Å². The van der Waals surface area contributed by atoms with E-state index >= 15 is 0 Å². The van der Waals surface area contributed by atoms with Crippen molar-refractivity contribution in [3.63, 3.8) is 0 Å². The molecule has 2 N–H and O–H groups in total. The second-order valence-corrected chi connectivity index (χ2v) is 15.5. The van der Waals surface area contributed by atoms with Gasteiger partial charge in [-0.15, -0.1) is 0 Å². The van der Waals surface area contributed by atoms with Crippen LogP contribution in [-0.2, 0) is 31.1 Å². The molecule has 2 aromatic carbocycles. The number of phenolic OH excluding ortho intramolecular Hbond substituents is 2. The zero-order valence-electron chi connectivity index (χ0n) is 28.1. The lowest BCUT2D eigenvalue weighted by atomic mass is 9.78. The molecule has 0 unspecified atom stereocenters. The molecule has 0 heterocycles. The molecule has 0 fully saturated rings. The highest BCUT2D eigenvalue weighted by Gasteiger charge is 2.29. The van der Waals surface area contributed by atoms with Crippen LogP contribution < -0.4 is 0 Å². The average molecular weight is 583 g/mol. The largest absolute Gasteiger partial charge is 0.507 e. The van der Waals surface area contributed by atoms with Crippen molar-refractivity contribution in [3.05, 3.63) is 57.6 Å². The predicted octanol–water partition coefficient (Wildman–Crippen LogP) is 8.86. The second-order valence-electron chi connectivity index (χ2n) is 15.5. The summed E-state index contributed by atoms with van der Waals surface area (Å²) in [5, 5.41) is 21.8. The Morgan fingerprint density at radius 2 is 0.738 bits per heavy atom. The lowest BCUT2D eigenvalue weighted by molar-refractivity contribution is 0.0473. The van der Waals surface area contributed by atoms with Gasteiger partial charge in [-0.3, -0.25) is 0 Å². The first-order chi connectivity index (χ1) is 19.0. The summed E-state index contributed by atoms with van der Waals surface area (Å²) >= 11 is 0. The normalized spacial score (nSPS) is 12.8. The third kappa shape index (κ3) is 9.24. The Labute approximate surface area is 253 Å². The molecule has 0 aliphatic rings. The number of esters is 2. The van der Waals surface area contributed by atoms with Gasteiger partial charge < -0.3 is 19.7 Å². The molecule has 0 aromatic heterocycles. The molecule has 0 radical (unpaired) electrons. The number of ether oxygens (including phenoxy) is 2. The first-order valence-corrected chi connectivity index (χ1v) is 15.2. The van der Waals surface area contributed by atoms with Gasteiger partial charge in [-0.1, -0.05) is 83.1 Å². The summed E-state index contributed by atoms with van der Waals surface area (Å²) in [4.78, 5) is 25.7. The number of rotatable bonds is 9. The number of hydrogen-bond donors (Lipinski definition) is 2. The van der Waals surface area contributed by atoms with Crippen molar-refractivity contribution in [1.82, 2.24) is 0 Å². The van der Waals surface area contributed by atoms with Gasteiger partial charge in [0.05, 0.1) is 24.3 Å².